The minimum absolute atomic E-state index is 0.335. The molecular weight excluding hydrogens is 228 g/mol. The second-order valence-electron chi connectivity index (χ2n) is 3.01. The van der Waals surface area contributed by atoms with E-state index in [4.69, 9.17) is 4.74 Å². The molecule has 2 aromatic rings. The number of rotatable bonds is 3. The van der Waals surface area contributed by atoms with Crippen molar-refractivity contribution < 1.29 is 9.53 Å². The Balaban J connectivity index is 2.40. The summed E-state index contributed by atoms with van der Waals surface area (Å²) in [5.74, 6) is -0.395. The van der Waals surface area contributed by atoms with Gasteiger partial charge in [-0.1, -0.05) is 4.49 Å². The summed E-state index contributed by atoms with van der Waals surface area (Å²) >= 11 is 1.03. The van der Waals surface area contributed by atoms with Crippen molar-refractivity contribution in [1.29, 1.82) is 0 Å². The van der Waals surface area contributed by atoms with Crippen LogP contribution in [0.4, 0.5) is 0 Å². The number of esters is 1. The van der Waals surface area contributed by atoms with Crippen molar-refractivity contribution in [2.75, 3.05) is 6.61 Å². The van der Waals surface area contributed by atoms with Crippen LogP contribution < -0.4 is 0 Å². The smallest absolute Gasteiger partial charge is 0.352 e. The minimum Gasteiger partial charge on any atom is -0.462 e. The van der Waals surface area contributed by atoms with Gasteiger partial charge >= 0.3 is 5.97 Å². The van der Waals surface area contributed by atoms with Crippen LogP contribution in [-0.2, 0) is 11.8 Å². The molecular formula is C9H10N4O2S. The maximum atomic E-state index is 11.6. The monoisotopic (exact) mass is 238 g/mol. The molecule has 7 heteroatoms. The molecule has 2 heterocycles. The Morgan fingerprint density at radius 1 is 1.62 bits per heavy atom. The highest BCUT2D eigenvalue weighted by Gasteiger charge is 2.20. The highest BCUT2D eigenvalue weighted by atomic mass is 32.1. The zero-order valence-electron chi connectivity index (χ0n) is 8.88. The van der Waals surface area contributed by atoms with E-state index in [-0.39, 0.29) is 0 Å². The average molecular weight is 238 g/mol. The van der Waals surface area contributed by atoms with Crippen LogP contribution in [0.15, 0.2) is 12.3 Å². The molecule has 0 radical (unpaired) electrons. The van der Waals surface area contributed by atoms with Crippen LogP contribution in [0.25, 0.3) is 11.4 Å². The van der Waals surface area contributed by atoms with Gasteiger partial charge in [0, 0.05) is 13.2 Å². The molecule has 0 aromatic carbocycles. The van der Waals surface area contributed by atoms with Gasteiger partial charge < -0.3 is 4.74 Å². The first kappa shape index (κ1) is 10.7. The highest BCUT2D eigenvalue weighted by molar-refractivity contribution is 7.08. The Labute approximate surface area is 96.0 Å². The van der Waals surface area contributed by atoms with E-state index in [0.717, 1.165) is 17.2 Å². The maximum absolute atomic E-state index is 11.6. The summed E-state index contributed by atoms with van der Waals surface area (Å²) in [5, 5.41) is 7.95. The first-order valence-corrected chi connectivity index (χ1v) is 5.49. The summed E-state index contributed by atoms with van der Waals surface area (Å²) in [6.45, 7) is 2.09. The van der Waals surface area contributed by atoms with Gasteiger partial charge in [0.15, 0.2) is 4.88 Å². The van der Waals surface area contributed by atoms with E-state index in [2.05, 4.69) is 14.7 Å². The van der Waals surface area contributed by atoms with Crippen molar-refractivity contribution in [3.8, 4) is 11.4 Å². The van der Waals surface area contributed by atoms with Crippen molar-refractivity contribution in [3.63, 3.8) is 0 Å². The molecule has 0 fully saturated rings. The maximum Gasteiger partial charge on any atom is 0.352 e. The second-order valence-corrected chi connectivity index (χ2v) is 3.77. The molecule has 2 rings (SSSR count). The largest absolute Gasteiger partial charge is 0.462 e. The van der Waals surface area contributed by atoms with Crippen LogP contribution in [0.1, 0.15) is 16.6 Å². The third-order valence-corrected chi connectivity index (χ3v) is 2.72. The number of carbonyl (C=O) groups excluding carboxylic acids is 1. The van der Waals surface area contributed by atoms with E-state index in [1.807, 2.05) is 0 Å². The first-order chi connectivity index (χ1) is 7.74. The lowest BCUT2D eigenvalue weighted by atomic mass is 10.3. The molecule has 0 aliphatic rings. The Morgan fingerprint density at radius 2 is 2.44 bits per heavy atom. The van der Waals surface area contributed by atoms with Crippen molar-refractivity contribution in [1.82, 2.24) is 19.4 Å². The van der Waals surface area contributed by atoms with Gasteiger partial charge in [-0.25, -0.2) is 4.79 Å². The van der Waals surface area contributed by atoms with Crippen LogP contribution in [0.3, 0.4) is 0 Å². The third-order valence-electron chi connectivity index (χ3n) is 2.01. The lowest BCUT2D eigenvalue weighted by Crippen LogP contribution is -2.05. The van der Waals surface area contributed by atoms with Gasteiger partial charge in [0.25, 0.3) is 0 Å². The molecule has 16 heavy (non-hydrogen) atoms. The lowest BCUT2D eigenvalue weighted by Gasteiger charge is -2.01. The number of hydrogen-bond acceptors (Lipinski definition) is 6. The van der Waals surface area contributed by atoms with Gasteiger partial charge in [-0.05, 0) is 24.5 Å². The van der Waals surface area contributed by atoms with Gasteiger partial charge in [-0.2, -0.15) is 5.10 Å². The molecule has 0 aliphatic carbocycles. The molecule has 0 aliphatic heterocycles. The molecule has 0 atom stereocenters. The molecule has 0 saturated heterocycles. The normalized spacial score (nSPS) is 10.4. The van der Waals surface area contributed by atoms with E-state index >= 15 is 0 Å². The Kier molecular flexibility index (Phi) is 2.95. The zero-order valence-corrected chi connectivity index (χ0v) is 9.69. The molecule has 0 N–H and O–H groups in total. The van der Waals surface area contributed by atoms with Crippen LogP contribution in [-0.4, -0.2) is 31.9 Å². The van der Waals surface area contributed by atoms with E-state index < -0.39 is 5.97 Å². The Morgan fingerprint density at radius 3 is 3.06 bits per heavy atom. The van der Waals surface area contributed by atoms with Crippen LogP contribution >= 0.6 is 11.5 Å². The summed E-state index contributed by atoms with van der Waals surface area (Å²) in [5.41, 5.74) is 1.26. The van der Waals surface area contributed by atoms with E-state index in [1.54, 1.807) is 30.9 Å². The number of aryl methyl sites for hydroxylation is 1. The zero-order chi connectivity index (χ0) is 11.5. The second kappa shape index (κ2) is 4.40. The number of ether oxygens (including phenoxy) is 1. The Bertz CT molecular complexity index is 505. The van der Waals surface area contributed by atoms with Gasteiger partial charge in [-0.15, -0.1) is 5.10 Å². The molecule has 0 bridgehead atoms. The van der Waals surface area contributed by atoms with Crippen LogP contribution in [0.5, 0.6) is 0 Å². The number of hydrogen-bond donors (Lipinski definition) is 0. The Hall–Kier alpha value is -1.76. The summed E-state index contributed by atoms with van der Waals surface area (Å²) in [4.78, 5) is 12.0. The fourth-order valence-corrected chi connectivity index (χ4v) is 1.86. The topological polar surface area (TPSA) is 69.9 Å². The summed E-state index contributed by atoms with van der Waals surface area (Å²) in [6, 6.07) is 1.78. The predicted octanol–water partition coefficient (Wildman–Crippen LogP) is 1.12. The van der Waals surface area contributed by atoms with E-state index in [0.29, 0.717) is 17.2 Å². The minimum atomic E-state index is -0.395. The number of nitrogens with zero attached hydrogens (tertiary/aromatic N) is 4. The number of aromatic nitrogens is 4. The van der Waals surface area contributed by atoms with Crippen molar-refractivity contribution in [2.24, 2.45) is 7.05 Å². The van der Waals surface area contributed by atoms with Gasteiger partial charge in [-0.3, -0.25) is 4.68 Å². The highest BCUT2D eigenvalue weighted by Crippen LogP contribution is 2.23. The SMILES string of the molecule is CCOC(=O)c1snnc1-c1ccnn1C. The average Bonchev–Trinajstić information content (AvgIpc) is 2.85. The van der Waals surface area contributed by atoms with Gasteiger partial charge in [0.1, 0.15) is 5.69 Å². The quantitative estimate of drug-likeness (QED) is 0.749. The molecule has 6 nitrogen and oxygen atoms in total. The number of carbonyl (C=O) groups is 1. The molecule has 2 aromatic heterocycles. The molecule has 0 unspecified atom stereocenters. The van der Waals surface area contributed by atoms with E-state index in [9.17, 15) is 4.79 Å². The molecule has 0 amide bonds. The van der Waals surface area contributed by atoms with Crippen LogP contribution in [0.2, 0.25) is 0 Å². The molecule has 84 valence electrons. The van der Waals surface area contributed by atoms with Crippen molar-refractivity contribution in [2.45, 2.75) is 6.92 Å². The lowest BCUT2D eigenvalue weighted by molar-refractivity contribution is 0.0532. The first-order valence-electron chi connectivity index (χ1n) is 4.72. The summed E-state index contributed by atoms with van der Waals surface area (Å²) in [7, 11) is 1.78. The van der Waals surface area contributed by atoms with Crippen LogP contribution in [0, 0.1) is 0 Å². The van der Waals surface area contributed by atoms with Gasteiger partial charge in [0.2, 0.25) is 0 Å². The molecule has 0 saturated carbocycles. The standard InChI is InChI=1S/C9H10N4O2S/c1-3-15-9(14)8-7(11-12-16-8)6-4-5-10-13(6)2/h4-5H,3H2,1-2H3. The predicted molar refractivity (Wildman–Crippen MR) is 58.1 cm³/mol. The fourth-order valence-electron chi connectivity index (χ4n) is 1.30. The van der Waals surface area contributed by atoms with Crippen molar-refractivity contribution >= 4 is 17.5 Å². The van der Waals surface area contributed by atoms with E-state index in [1.165, 1.54) is 0 Å². The summed E-state index contributed by atoms with van der Waals surface area (Å²) < 4.78 is 10.3. The van der Waals surface area contributed by atoms with Gasteiger partial charge in [0.05, 0.1) is 12.3 Å². The fraction of sp³-hybridized carbons (Fsp3) is 0.333. The third kappa shape index (κ3) is 1.81. The molecule has 0 spiro atoms. The van der Waals surface area contributed by atoms with Crippen molar-refractivity contribution in [3.05, 3.63) is 17.1 Å². The summed E-state index contributed by atoms with van der Waals surface area (Å²) in [6.07, 6.45) is 1.64.